The molecule has 6 nitrogen and oxygen atoms in total. The minimum atomic E-state index is 0.320. The van der Waals surface area contributed by atoms with Crippen LogP contribution in [0.15, 0.2) is 33.8 Å². The monoisotopic (exact) mass is 346 g/mol. The summed E-state index contributed by atoms with van der Waals surface area (Å²) in [7, 11) is 0. The molecular formula is C15H18N6S2. The Bertz CT molecular complexity index is 775. The number of hydrogen-bond donors (Lipinski definition) is 0. The van der Waals surface area contributed by atoms with E-state index in [1.165, 1.54) is 28.9 Å². The van der Waals surface area contributed by atoms with Crippen molar-refractivity contribution in [2.75, 3.05) is 0 Å². The number of nitrogens with zero attached hydrogens (tertiary/aromatic N) is 6. The topological polar surface area (TPSA) is 69.4 Å². The fraction of sp³-hybridized carbons (Fsp3) is 0.400. The maximum Gasteiger partial charge on any atom is 0.221 e. The predicted molar refractivity (Wildman–Crippen MR) is 91.4 cm³/mol. The first-order chi connectivity index (χ1) is 11.0. The first kappa shape index (κ1) is 16.1. The van der Waals surface area contributed by atoms with E-state index < -0.39 is 0 Å². The number of hydrogen-bond acceptors (Lipinski definition) is 7. The van der Waals surface area contributed by atoms with Crippen LogP contribution in [0.4, 0.5) is 0 Å². The molecule has 0 amide bonds. The smallest absolute Gasteiger partial charge is 0.212 e. The molecule has 0 saturated heterocycles. The highest BCUT2D eigenvalue weighted by atomic mass is 32.2. The van der Waals surface area contributed by atoms with Crippen LogP contribution in [0.5, 0.6) is 0 Å². The van der Waals surface area contributed by atoms with E-state index in [4.69, 9.17) is 0 Å². The van der Waals surface area contributed by atoms with E-state index in [0.29, 0.717) is 17.0 Å². The van der Waals surface area contributed by atoms with Crippen LogP contribution in [-0.4, -0.2) is 29.6 Å². The van der Waals surface area contributed by atoms with E-state index in [9.17, 15) is 0 Å². The molecule has 0 aliphatic heterocycles. The minimum Gasteiger partial charge on any atom is -0.212 e. The fourth-order valence-corrected chi connectivity index (χ4v) is 3.62. The summed E-state index contributed by atoms with van der Waals surface area (Å²) in [5.41, 5.74) is 2.23. The van der Waals surface area contributed by atoms with Gasteiger partial charge in [0.05, 0.1) is 5.69 Å². The molecule has 3 aromatic rings. The fourth-order valence-electron chi connectivity index (χ4n) is 1.98. The van der Waals surface area contributed by atoms with E-state index in [2.05, 4.69) is 64.7 Å². The summed E-state index contributed by atoms with van der Waals surface area (Å²) in [5, 5.41) is 12.7. The highest BCUT2D eigenvalue weighted by Crippen LogP contribution is 2.29. The van der Waals surface area contributed by atoms with Crippen molar-refractivity contribution in [2.24, 2.45) is 0 Å². The second-order valence-corrected chi connectivity index (χ2v) is 7.76. The van der Waals surface area contributed by atoms with Gasteiger partial charge in [-0.05, 0) is 57.3 Å². The number of tetrazole rings is 1. The largest absolute Gasteiger partial charge is 0.221 e. The molecule has 0 fully saturated rings. The Kier molecular flexibility index (Phi) is 4.72. The zero-order chi connectivity index (χ0) is 16.4. The summed E-state index contributed by atoms with van der Waals surface area (Å²) in [6.07, 6.45) is 0. The molecular weight excluding hydrogens is 328 g/mol. The van der Waals surface area contributed by atoms with Gasteiger partial charge in [0.25, 0.3) is 0 Å². The molecule has 3 rings (SSSR count). The van der Waals surface area contributed by atoms with E-state index in [1.54, 1.807) is 4.68 Å². The van der Waals surface area contributed by atoms with Gasteiger partial charge < -0.3 is 0 Å². The summed E-state index contributed by atoms with van der Waals surface area (Å²) in [6.45, 7) is 8.51. The van der Waals surface area contributed by atoms with Crippen LogP contribution >= 0.6 is 23.3 Å². The third-order valence-corrected chi connectivity index (χ3v) is 5.07. The van der Waals surface area contributed by atoms with Crippen LogP contribution < -0.4 is 0 Å². The molecule has 0 aliphatic rings. The minimum absolute atomic E-state index is 0.320. The number of rotatable bonds is 5. The third-order valence-electron chi connectivity index (χ3n) is 3.36. The first-order valence-electron chi connectivity index (χ1n) is 7.44. The van der Waals surface area contributed by atoms with Crippen LogP contribution in [0.3, 0.4) is 0 Å². The van der Waals surface area contributed by atoms with Gasteiger partial charge in [-0.1, -0.05) is 39.8 Å². The maximum absolute atomic E-state index is 4.52. The Balaban J connectivity index is 1.84. The van der Waals surface area contributed by atoms with Gasteiger partial charge in [-0.3, -0.25) is 0 Å². The van der Waals surface area contributed by atoms with Gasteiger partial charge in [0.1, 0.15) is 5.82 Å². The maximum atomic E-state index is 4.52. The molecule has 120 valence electrons. The molecule has 0 bridgehead atoms. The molecule has 0 atom stereocenters. The lowest BCUT2D eigenvalue weighted by atomic mass is 10.0. The summed E-state index contributed by atoms with van der Waals surface area (Å²) >= 11 is 2.82. The van der Waals surface area contributed by atoms with Crippen molar-refractivity contribution >= 4 is 23.3 Å². The molecule has 1 aromatic carbocycles. The molecule has 2 aromatic heterocycles. The lowest BCUT2D eigenvalue weighted by molar-refractivity contribution is 0.753. The summed E-state index contributed by atoms with van der Waals surface area (Å²) in [6, 6.07) is 8.29. The van der Waals surface area contributed by atoms with E-state index >= 15 is 0 Å². The van der Waals surface area contributed by atoms with Crippen molar-refractivity contribution in [3.05, 3.63) is 35.7 Å². The van der Waals surface area contributed by atoms with E-state index in [1.807, 2.05) is 12.1 Å². The highest BCUT2D eigenvalue weighted by molar-refractivity contribution is 8.00. The molecule has 2 heterocycles. The average molecular weight is 346 g/mol. The average Bonchev–Trinajstić information content (AvgIpc) is 3.17. The van der Waals surface area contributed by atoms with Gasteiger partial charge in [0.2, 0.25) is 5.16 Å². The first-order valence-corrected chi connectivity index (χ1v) is 9.03. The standard InChI is InChI=1S/C15H18N6S2/c1-9(2)11-5-7-12(8-6-11)21-14(17-19-20-21)22-15-16-13(10(3)4)18-23-15/h5-10H,1-4H3. The van der Waals surface area contributed by atoms with Gasteiger partial charge in [0.15, 0.2) is 4.34 Å². The van der Waals surface area contributed by atoms with Gasteiger partial charge in [-0.15, -0.1) is 5.10 Å². The lowest BCUT2D eigenvalue weighted by Crippen LogP contribution is -1.99. The molecule has 0 radical (unpaired) electrons. The van der Waals surface area contributed by atoms with Crippen molar-refractivity contribution < 1.29 is 0 Å². The second-order valence-electron chi connectivity index (χ2n) is 5.79. The van der Waals surface area contributed by atoms with Crippen LogP contribution in [0.25, 0.3) is 5.69 Å². The van der Waals surface area contributed by atoms with Crippen LogP contribution in [0, 0.1) is 0 Å². The van der Waals surface area contributed by atoms with Crippen molar-refractivity contribution in [2.45, 2.75) is 49.0 Å². The molecule has 8 heteroatoms. The zero-order valence-electron chi connectivity index (χ0n) is 13.5. The van der Waals surface area contributed by atoms with Gasteiger partial charge in [-0.2, -0.15) is 9.06 Å². The zero-order valence-corrected chi connectivity index (χ0v) is 15.1. The second kappa shape index (κ2) is 6.76. The third kappa shape index (κ3) is 3.59. The van der Waals surface area contributed by atoms with Crippen molar-refractivity contribution in [3.8, 4) is 5.69 Å². The van der Waals surface area contributed by atoms with Crippen LogP contribution in [-0.2, 0) is 0 Å². The Morgan fingerprint density at radius 2 is 1.78 bits per heavy atom. The van der Waals surface area contributed by atoms with Crippen molar-refractivity contribution in [1.29, 1.82) is 0 Å². The Morgan fingerprint density at radius 3 is 2.39 bits per heavy atom. The van der Waals surface area contributed by atoms with Gasteiger partial charge >= 0.3 is 0 Å². The number of benzene rings is 1. The molecule has 0 unspecified atom stereocenters. The van der Waals surface area contributed by atoms with E-state index in [0.717, 1.165) is 15.9 Å². The number of aromatic nitrogens is 6. The van der Waals surface area contributed by atoms with Crippen LogP contribution in [0.1, 0.15) is 50.9 Å². The van der Waals surface area contributed by atoms with Gasteiger partial charge in [-0.25, -0.2) is 4.98 Å². The molecule has 23 heavy (non-hydrogen) atoms. The summed E-state index contributed by atoms with van der Waals surface area (Å²) in [5.74, 6) is 1.68. The Hall–Kier alpha value is -1.80. The summed E-state index contributed by atoms with van der Waals surface area (Å²) in [4.78, 5) is 4.52. The summed E-state index contributed by atoms with van der Waals surface area (Å²) < 4.78 is 6.94. The quantitative estimate of drug-likeness (QED) is 0.697. The molecule has 0 N–H and O–H groups in total. The van der Waals surface area contributed by atoms with E-state index in [-0.39, 0.29) is 0 Å². The van der Waals surface area contributed by atoms with Gasteiger partial charge in [0, 0.05) is 5.92 Å². The molecule has 0 aliphatic carbocycles. The molecule has 0 saturated carbocycles. The molecule has 0 spiro atoms. The van der Waals surface area contributed by atoms with Crippen molar-refractivity contribution in [3.63, 3.8) is 0 Å². The van der Waals surface area contributed by atoms with Crippen LogP contribution in [0.2, 0.25) is 0 Å². The van der Waals surface area contributed by atoms with Crippen molar-refractivity contribution in [1.82, 2.24) is 29.6 Å². The Labute approximate surface area is 143 Å². The predicted octanol–water partition coefficient (Wildman–Crippen LogP) is 3.91. The SMILES string of the molecule is CC(C)c1ccc(-n2nnnc2Sc2nc(C(C)C)ns2)cc1. The lowest BCUT2D eigenvalue weighted by Gasteiger charge is -2.07. The highest BCUT2D eigenvalue weighted by Gasteiger charge is 2.14. The Morgan fingerprint density at radius 1 is 1.04 bits per heavy atom. The normalized spacial score (nSPS) is 11.6.